The predicted molar refractivity (Wildman–Crippen MR) is 57.7 cm³/mol. The summed E-state index contributed by atoms with van der Waals surface area (Å²) in [6.45, 7) is 1.37. The highest BCUT2D eigenvalue weighted by molar-refractivity contribution is 5.85. The average Bonchev–Trinajstić information content (AvgIpc) is 3.02. The number of nitrogens with zero attached hydrogens (tertiary/aromatic N) is 1. The van der Waals surface area contributed by atoms with Gasteiger partial charge in [-0.05, 0) is 25.7 Å². The third-order valence-electron chi connectivity index (χ3n) is 2.85. The fraction of sp³-hybridized carbons (Fsp3) is 0.900. The lowest BCUT2D eigenvalue weighted by Crippen LogP contribution is -2.32. The number of carbonyl (C=O) groups excluding carboxylic acids is 1. The van der Waals surface area contributed by atoms with E-state index < -0.39 is 0 Å². The lowest BCUT2D eigenvalue weighted by atomic mass is 10.0. The van der Waals surface area contributed by atoms with Gasteiger partial charge >= 0.3 is 5.97 Å². The summed E-state index contributed by atoms with van der Waals surface area (Å²) >= 11 is 0. The highest BCUT2D eigenvalue weighted by Crippen LogP contribution is 2.26. The third-order valence-corrected chi connectivity index (χ3v) is 2.85. The first-order valence-corrected chi connectivity index (χ1v) is 5.30. The van der Waals surface area contributed by atoms with E-state index in [0.29, 0.717) is 19.3 Å². The Labute approximate surface area is 96.3 Å². The van der Waals surface area contributed by atoms with E-state index >= 15 is 0 Å². The first kappa shape index (κ1) is 12.7. The minimum Gasteiger partial charge on any atom is -0.381 e. The Bertz CT molecular complexity index is 215. The van der Waals surface area contributed by atoms with Gasteiger partial charge < -0.3 is 9.57 Å². The van der Waals surface area contributed by atoms with E-state index in [0.717, 1.165) is 25.7 Å². The molecule has 2 rings (SSSR count). The van der Waals surface area contributed by atoms with Crippen molar-refractivity contribution in [2.45, 2.75) is 31.7 Å². The topological polar surface area (TPSA) is 38.8 Å². The summed E-state index contributed by atoms with van der Waals surface area (Å²) in [6, 6.07) is 0.471. The zero-order chi connectivity index (χ0) is 9.97. The van der Waals surface area contributed by atoms with Crippen LogP contribution in [0.25, 0.3) is 0 Å². The molecule has 0 aromatic rings. The highest BCUT2D eigenvalue weighted by atomic mass is 35.5. The van der Waals surface area contributed by atoms with Gasteiger partial charge in [-0.3, -0.25) is 4.79 Å². The first-order chi connectivity index (χ1) is 6.77. The number of hydrogen-bond donors (Lipinski definition) is 0. The van der Waals surface area contributed by atoms with Crippen LogP contribution in [0.2, 0.25) is 0 Å². The molecule has 0 radical (unpaired) electrons. The van der Waals surface area contributed by atoms with Crippen molar-refractivity contribution in [3.8, 4) is 0 Å². The molecule has 0 amide bonds. The predicted octanol–water partition coefficient (Wildman–Crippen LogP) is 1.39. The fourth-order valence-corrected chi connectivity index (χ4v) is 1.66. The van der Waals surface area contributed by atoms with Crippen LogP contribution in [-0.2, 0) is 14.4 Å². The summed E-state index contributed by atoms with van der Waals surface area (Å²) in [5, 5.41) is 1.71. The summed E-state index contributed by atoms with van der Waals surface area (Å²) in [5.41, 5.74) is 0. The summed E-state index contributed by atoms with van der Waals surface area (Å²) in [4.78, 5) is 16.9. The van der Waals surface area contributed by atoms with Gasteiger partial charge in [0.15, 0.2) is 0 Å². The van der Waals surface area contributed by atoms with E-state index in [4.69, 9.17) is 9.57 Å². The largest absolute Gasteiger partial charge is 0.381 e. The number of hydroxylamine groups is 2. The van der Waals surface area contributed by atoms with Crippen molar-refractivity contribution in [2.24, 2.45) is 5.92 Å². The van der Waals surface area contributed by atoms with Gasteiger partial charge in [-0.2, -0.15) is 0 Å². The third kappa shape index (κ3) is 3.63. The van der Waals surface area contributed by atoms with Crippen LogP contribution in [0.5, 0.6) is 0 Å². The molecule has 0 bridgehead atoms. The standard InChI is InChI=1S/C10H17NO3.ClH/c1-11(9-2-3-9)14-10(12)8-4-6-13-7-5-8;/h8-9H,2-7H2,1H3;1H. The van der Waals surface area contributed by atoms with Gasteiger partial charge in [0.2, 0.25) is 0 Å². The maximum absolute atomic E-state index is 11.6. The molecule has 1 aliphatic carbocycles. The normalized spacial score (nSPS) is 22.3. The van der Waals surface area contributed by atoms with Crippen LogP contribution in [0, 0.1) is 5.92 Å². The molecule has 5 heteroatoms. The highest BCUT2D eigenvalue weighted by Gasteiger charge is 2.31. The van der Waals surface area contributed by atoms with Crippen molar-refractivity contribution < 1.29 is 14.4 Å². The quantitative estimate of drug-likeness (QED) is 0.693. The van der Waals surface area contributed by atoms with Crippen LogP contribution in [-0.4, -0.2) is 37.3 Å². The van der Waals surface area contributed by atoms with E-state index in [1.54, 1.807) is 5.06 Å². The second-order valence-electron chi connectivity index (χ2n) is 4.07. The van der Waals surface area contributed by atoms with Crippen LogP contribution < -0.4 is 0 Å². The lowest BCUT2D eigenvalue weighted by Gasteiger charge is -2.23. The molecule has 0 N–H and O–H groups in total. The Morgan fingerprint density at radius 3 is 2.40 bits per heavy atom. The second kappa shape index (κ2) is 5.68. The van der Waals surface area contributed by atoms with E-state index in [1.165, 1.54) is 0 Å². The monoisotopic (exact) mass is 235 g/mol. The van der Waals surface area contributed by atoms with Gasteiger partial charge in [0, 0.05) is 26.3 Å². The van der Waals surface area contributed by atoms with E-state index in [2.05, 4.69) is 0 Å². The SMILES string of the molecule is CN(OC(=O)C1CCOCC1)C1CC1.Cl. The zero-order valence-corrected chi connectivity index (χ0v) is 9.79. The Kier molecular flexibility index (Phi) is 4.83. The average molecular weight is 236 g/mol. The van der Waals surface area contributed by atoms with E-state index in [9.17, 15) is 4.79 Å². The van der Waals surface area contributed by atoms with Crippen LogP contribution in [0.3, 0.4) is 0 Å². The maximum Gasteiger partial charge on any atom is 0.328 e. The van der Waals surface area contributed by atoms with Gasteiger partial charge in [0.05, 0.1) is 5.92 Å². The van der Waals surface area contributed by atoms with Gasteiger partial charge in [0.25, 0.3) is 0 Å². The summed E-state index contributed by atoms with van der Waals surface area (Å²) in [5.74, 6) is -0.0346. The number of hydrogen-bond acceptors (Lipinski definition) is 4. The van der Waals surface area contributed by atoms with Crippen molar-refractivity contribution in [2.75, 3.05) is 20.3 Å². The van der Waals surface area contributed by atoms with E-state index in [-0.39, 0.29) is 24.3 Å². The van der Waals surface area contributed by atoms with Crippen molar-refractivity contribution in [3.05, 3.63) is 0 Å². The molecule has 4 nitrogen and oxygen atoms in total. The van der Waals surface area contributed by atoms with Gasteiger partial charge in [-0.25, -0.2) is 0 Å². The van der Waals surface area contributed by atoms with Crippen molar-refractivity contribution in [1.82, 2.24) is 5.06 Å². The molecule has 2 fully saturated rings. The minimum absolute atomic E-state index is 0. The molecule has 1 saturated carbocycles. The van der Waals surface area contributed by atoms with E-state index in [1.807, 2.05) is 7.05 Å². The molecule has 0 unspecified atom stereocenters. The Balaban J connectivity index is 0.00000112. The lowest BCUT2D eigenvalue weighted by molar-refractivity contribution is -0.194. The van der Waals surface area contributed by atoms with Crippen molar-refractivity contribution in [1.29, 1.82) is 0 Å². The molecule has 0 spiro atoms. The number of ether oxygens (including phenoxy) is 1. The molecular weight excluding hydrogens is 218 g/mol. The van der Waals surface area contributed by atoms with Crippen LogP contribution >= 0.6 is 12.4 Å². The molecule has 0 atom stereocenters. The van der Waals surface area contributed by atoms with Gasteiger partial charge in [-0.15, -0.1) is 17.5 Å². The van der Waals surface area contributed by atoms with Crippen molar-refractivity contribution >= 4 is 18.4 Å². The minimum atomic E-state index is -0.0808. The Morgan fingerprint density at radius 1 is 1.27 bits per heavy atom. The molecule has 2 aliphatic rings. The van der Waals surface area contributed by atoms with Crippen molar-refractivity contribution in [3.63, 3.8) is 0 Å². The fourth-order valence-electron chi connectivity index (χ4n) is 1.66. The molecule has 1 saturated heterocycles. The molecule has 0 aromatic heterocycles. The Hall–Kier alpha value is -0.320. The maximum atomic E-state index is 11.6. The number of carbonyl (C=O) groups is 1. The molecular formula is C10H18ClNO3. The second-order valence-corrected chi connectivity index (χ2v) is 4.07. The van der Waals surface area contributed by atoms with Gasteiger partial charge in [0.1, 0.15) is 0 Å². The summed E-state index contributed by atoms with van der Waals surface area (Å²) < 4.78 is 5.19. The first-order valence-electron chi connectivity index (χ1n) is 5.30. The number of halogens is 1. The molecule has 1 heterocycles. The van der Waals surface area contributed by atoms with Crippen LogP contribution in [0.15, 0.2) is 0 Å². The number of rotatable bonds is 3. The van der Waals surface area contributed by atoms with Crippen LogP contribution in [0.1, 0.15) is 25.7 Å². The summed E-state index contributed by atoms with van der Waals surface area (Å²) in [6.07, 6.45) is 3.91. The molecule has 88 valence electrons. The summed E-state index contributed by atoms with van der Waals surface area (Å²) in [7, 11) is 1.84. The smallest absolute Gasteiger partial charge is 0.328 e. The Morgan fingerprint density at radius 2 is 1.87 bits per heavy atom. The molecule has 1 aliphatic heterocycles. The van der Waals surface area contributed by atoms with Gasteiger partial charge in [-0.1, -0.05) is 0 Å². The zero-order valence-electron chi connectivity index (χ0n) is 8.98. The molecule has 0 aromatic carbocycles. The molecule has 15 heavy (non-hydrogen) atoms. The van der Waals surface area contributed by atoms with Crippen LogP contribution in [0.4, 0.5) is 0 Å².